The van der Waals surface area contributed by atoms with E-state index in [0.717, 1.165) is 24.3 Å². The largest absolute Gasteiger partial charge is 0.390 e. The van der Waals surface area contributed by atoms with Crippen LogP contribution in [0.25, 0.3) is 0 Å². The molecule has 0 unspecified atom stereocenters. The van der Waals surface area contributed by atoms with Gasteiger partial charge in [0, 0.05) is 17.5 Å². The average molecular weight is 256 g/mol. The van der Waals surface area contributed by atoms with Gasteiger partial charge in [0.25, 0.3) is 5.56 Å². The Kier molecular flexibility index (Phi) is 5.21. The molecule has 0 aliphatic heterocycles. The van der Waals surface area contributed by atoms with E-state index in [-0.39, 0.29) is 5.56 Å². The SMILES string of the molecule is CCCc1cc(=O)[nH]c(SCCC(C)(C)O)n1. The zero-order valence-corrected chi connectivity index (χ0v) is 11.4. The first kappa shape index (κ1) is 14.3. The van der Waals surface area contributed by atoms with Crippen molar-refractivity contribution >= 4 is 11.8 Å². The molecule has 96 valence electrons. The van der Waals surface area contributed by atoms with Crippen LogP contribution in [0.4, 0.5) is 0 Å². The van der Waals surface area contributed by atoms with Gasteiger partial charge in [-0.1, -0.05) is 25.1 Å². The van der Waals surface area contributed by atoms with Crippen LogP contribution in [0.2, 0.25) is 0 Å². The molecule has 0 saturated carbocycles. The van der Waals surface area contributed by atoms with Gasteiger partial charge in [0.2, 0.25) is 0 Å². The van der Waals surface area contributed by atoms with Crippen molar-refractivity contribution in [2.24, 2.45) is 0 Å². The summed E-state index contributed by atoms with van der Waals surface area (Å²) in [5.41, 5.74) is 0.0603. The second-order valence-electron chi connectivity index (χ2n) is 4.70. The molecular weight excluding hydrogens is 236 g/mol. The summed E-state index contributed by atoms with van der Waals surface area (Å²) in [7, 11) is 0. The van der Waals surface area contributed by atoms with Gasteiger partial charge >= 0.3 is 0 Å². The maximum absolute atomic E-state index is 11.4. The maximum Gasteiger partial charge on any atom is 0.251 e. The summed E-state index contributed by atoms with van der Waals surface area (Å²) in [5.74, 6) is 0.738. The van der Waals surface area contributed by atoms with Crippen LogP contribution in [-0.2, 0) is 6.42 Å². The van der Waals surface area contributed by atoms with Crippen LogP contribution in [0.3, 0.4) is 0 Å². The number of hydrogen-bond donors (Lipinski definition) is 2. The quantitative estimate of drug-likeness (QED) is 0.603. The van der Waals surface area contributed by atoms with Crippen molar-refractivity contribution in [3.63, 3.8) is 0 Å². The van der Waals surface area contributed by atoms with Crippen molar-refractivity contribution in [2.45, 2.75) is 50.8 Å². The molecule has 1 rings (SSSR count). The van der Waals surface area contributed by atoms with Crippen LogP contribution in [0.1, 0.15) is 39.3 Å². The van der Waals surface area contributed by atoms with Gasteiger partial charge in [-0.05, 0) is 26.7 Å². The minimum atomic E-state index is -0.672. The molecule has 0 amide bonds. The van der Waals surface area contributed by atoms with E-state index in [1.54, 1.807) is 19.9 Å². The number of hydrogen-bond acceptors (Lipinski definition) is 4. The van der Waals surface area contributed by atoms with Gasteiger partial charge in [0.1, 0.15) is 0 Å². The molecule has 5 heteroatoms. The maximum atomic E-state index is 11.4. The molecule has 0 aliphatic rings. The number of aromatic nitrogens is 2. The number of nitrogens with zero attached hydrogens (tertiary/aromatic N) is 1. The molecule has 0 atom stereocenters. The molecule has 17 heavy (non-hydrogen) atoms. The molecule has 0 radical (unpaired) electrons. The first-order chi connectivity index (χ1) is 7.90. The summed E-state index contributed by atoms with van der Waals surface area (Å²) in [6.45, 7) is 5.61. The highest BCUT2D eigenvalue weighted by Crippen LogP contribution is 2.17. The second-order valence-corrected chi connectivity index (χ2v) is 5.79. The Bertz CT molecular complexity index is 410. The number of aliphatic hydroxyl groups is 1. The van der Waals surface area contributed by atoms with Gasteiger partial charge in [0.05, 0.1) is 5.60 Å². The minimum Gasteiger partial charge on any atom is -0.390 e. The Morgan fingerprint density at radius 2 is 2.24 bits per heavy atom. The van der Waals surface area contributed by atoms with E-state index in [4.69, 9.17) is 0 Å². The zero-order valence-electron chi connectivity index (χ0n) is 10.6. The number of aromatic amines is 1. The summed E-state index contributed by atoms with van der Waals surface area (Å²) in [4.78, 5) is 18.5. The van der Waals surface area contributed by atoms with Gasteiger partial charge in [-0.25, -0.2) is 4.98 Å². The molecule has 4 nitrogen and oxygen atoms in total. The highest BCUT2D eigenvalue weighted by molar-refractivity contribution is 7.99. The average Bonchev–Trinajstić information content (AvgIpc) is 2.15. The van der Waals surface area contributed by atoms with Crippen molar-refractivity contribution in [3.05, 3.63) is 22.1 Å². The third-order valence-electron chi connectivity index (χ3n) is 2.23. The van der Waals surface area contributed by atoms with Crippen molar-refractivity contribution in [1.82, 2.24) is 9.97 Å². The number of nitrogens with one attached hydrogen (secondary N) is 1. The standard InChI is InChI=1S/C12H20N2O2S/c1-4-5-9-8-10(15)14-11(13-9)17-7-6-12(2,3)16/h8,16H,4-7H2,1-3H3,(H,13,14,15). The predicted octanol–water partition coefficient (Wildman–Crippen LogP) is 1.98. The molecule has 2 N–H and O–H groups in total. The summed E-state index contributed by atoms with van der Waals surface area (Å²) in [5, 5.41) is 10.2. The van der Waals surface area contributed by atoms with E-state index in [2.05, 4.69) is 16.9 Å². The van der Waals surface area contributed by atoms with Gasteiger partial charge in [0.15, 0.2) is 5.16 Å². The van der Waals surface area contributed by atoms with Crippen LogP contribution in [-0.4, -0.2) is 26.4 Å². The lowest BCUT2D eigenvalue weighted by atomic mass is 10.1. The van der Waals surface area contributed by atoms with Gasteiger partial charge in [-0.3, -0.25) is 4.79 Å². The fourth-order valence-corrected chi connectivity index (χ4v) is 2.48. The molecule has 0 aromatic carbocycles. The van der Waals surface area contributed by atoms with E-state index >= 15 is 0 Å². The second kappa shape index (κ2) is 6.21. The molecule has 0 saturated heterocycles. The number of H-pyrrole nitrogens is 1. The molecule has 0 bridgehead atoms. The summed E-state index contributed by atoms with van der Waals surface area (Å²) in [6, 6.07) is 1.55. The lowest BCUT2D eigenvalue weighted by molar-refractivity contribution is 0.0777. The Morgan fingerprint density at radius 1 is 1.53 bits per heavy atom. The molecule has 0 spiro atoms. The van der Waals surface area contributed by atoms with Crippen LogP contribution < -0.4 is 5.56 Å². The molecule has 0 fully saturated rings. The Hall–Kier alpha value is -0.810. The van der Waals surface area contributed by atoms with Gasteiger partial charge in [-0.15, -0.1) is 0 Å². The smallest absolute Gasteiger partial charge is 0.251 e. The lowest BCUT2D eigenvalue weighted by Crippen LogP contribution is -2.19. The van der Waals surface area contributed by atoms with Crippen molar-refractivity contribution in [1.29, 1.82) is 0 Å². The van der Waals surface area contributed by atoms with Crippen molar-refractivity contribution in [3.8, 4) is 0 Å². The zero-order chi connectivity index (χ0) is 12.9. The molecule has 1 aromatic rings. The fourth-order valence-electron chi connectivity index (χ4n) is 1.33. The Morgan fingerprint density at radius 3 is 2.82 bits per heavy atom. The Labute approximate surface area is 106 Å². The van der Waals surface area contributed by atoms with Gasteiger partial charge in [-0.2, -0.15) is 0 Å². The monoisotopic (exact) mass is 256 g/mol. The van der Waals surface area contributed by atoms with Crippen LogP contribution in [0, 0.1) is 0 Å². The Balaban J connectivity index is 2.62. The van der Waals surface area contributed by atoms with E-state index < -0.39 is 5.60 Å². The van der Waals surface area contributed by atoms with E-state index in [1.165, 1.54) is 11.8 Å². The topological polar surface area (TPSA) is 66.0 Å². The summed E-state index contributed by atoms with van der Waals surface area (Å²) >= 11 is 1.47. The first-order valence-electron chi connectivity index (χ1n) is 5.86. The first-order valence-corrected chi connectivity index (χ1v) is 6.84. The summed E-state index contributed by atoms with van der Waals surface area (Å²) < 4.78 is 0. The summed E-state index contributed by atoms with van der Waals surface area (Å²) in [6.07, 6.45) is 2.46. The fraction of sp³-hybridized carbons (Fsp3) is 0.667. The molecule has 1 aromatic heterocycles. The van der Waals surface area contributed by atoms with Crippen molar-refractivity contribution < 1.29 is 5.11 Å². The van der Waals surface area contributed by atoms with E-state index in [9.17, 15) is 9.90 Å². The van der Waals surface area contributed by atoms with Crippen LogP contribution in [0.5, 0.6) is 0 Å². The minimum absolute atomic E-state index is 0.103. The number of aryl methyl sites for hydroxylation is 1. The van der Waals surface area contributed by atoms with E-state index in [0.29, 0.717) is 11.6 Å². The predicted molar refractivity (Wildman–Crippen MR) is 70.5 cm³/mol. The third kappa shape index (κ3) is 5.89. The lowest BCUT2D eigenvalue weighted by Gasteiger charge is -2.15. The van der Waals surface area contributed by atoms with Gasteiger partial charge < -0.3 is 10.1 Å². The molecule has 1 heterocycles. The third-order valence-corrected chi connectivity index (χ3v) is 3.11. The van der Waals surface area contributed by atoms with E-state index in [1.807, 2.05) is 0 Å². The highest BCUT2D eigenvalue weighted by atomic mass is 32.2. The number of rotatable bonds is 6. The molecule has 0 aliphatic carbocycles. The van der Waals surface area contributed by atoms with Crippen LogP contribution in [0.15, 0.2) is 16.0 Å². The highest BCUT2D eigenvalue weighted by Gasteiger charge is 2.12. The number of thioether (sulfide) groups is 1. The van der Waals surface area contributed by atoms with Crippen LogP contribution >= 0.6 is 11.8 Å². The molecular formula is C12H20N2O2S. The van der Waals surface area contributed by atoms with Crippen molar-refractivity contribution in [2.75, 3.05) is 5.75 Å². The normalized spacial score (nSPS) is 11.8.